The highest BCUT2D eigenvalue weighted by Crippen LogP contribution is 2.35. The van der Waals surface area contributed by atoms with Crippen molar-refractivity contribution in [2.24, 2.45) is 0 Å². The Labute approximate surface area is 240 Å². The van der Waals surface area contributed by atoms with Crippen LogP contribution in [-0.4, -0.2) is 24.1 Å². The molecule has 0 N–H and O–H groups in total. The van der Waals surface area contributed by atoms with Crippen LogP contribution in [0.2, 0.25) is 0 Å². The Bertz CT molecular complexity index is 2250. The van der Waals surface area contributed by atoms with Gasteiger partial charge in [0, 0.05) is 27.6 Å². The molecule has 3 heterocycles. The molecule has 6 heteroatoms. The minimum Gasteiger partial charge on any atom is -0.277 e. The fraction of sp³-hybridized carbons (Fsp3) is 0. The van der Waals surface area contributed by atoms with Crippen LogP contribution < -0.4 is 5.56 Å². The number of para-hydroxylation sites is 3. The smallest absolute Gasteiger partial charge is 0.265 e. The third kappa shape index (κ3) is 3.73. The molecule has 0 saturated heterocycles. The Kier molecular flexibility index (Phi) is 5.50. The maximum Gasteiger partial charge on any atom is 0.265 e. The van der Waals surface area contributed by atoms with Gasteiger partial charge in [-0.25, -0.2) is 4.98 Å². The molecule has 0 unspecified atom stereocenters. The summed E-state index contributed by atoms with van der Waals surface area (Å²) in [5.74, 6) is 1.58. The van der Waals surface area contributed by atoms with Crippen LogP contribution in [0.3, 0.4) is 0 Å². The number of aromatic nitrogens is 5. The predicted molar refractivity (Wildman–Crippen MR) is 168 cm³/mol. The summed E-state index contributed by atoms with van der Waals surface area (Å²) in [7, 11) is 0. The first-order chi connectivity index (χ1) is 20.8. The monoisotopic (exact) mass is 541 g/mol. The molecular weight excluding hydrogens is 518 g/mol. The summed E-state index contributed by atoms with van der Waals surface area (Å²) in [6.45, 7) is 0. The molecule has 6 nitrogen and oxygen atoms in total. The number of hydrogen-bond donors (Lipinski definition) is 0. The lowest BCUT2D eigenvalue weighted by Gasteiger charge is -2.14. The van der Waals surface area contributed by atoms with Crippen molar-refractivity contribution in [3.8, 4) is 34.4 Å². The lowest BCUT2D eigenvalue weighted by atomic mass is 10.1. The normalized spacial score (nSPS) is 11.4. The number of pyridine rings is 1. The van der Waals surface area contributed by atoms with Gasteiger partial charge in [0.25, 0.3) is 5.56 Å². The van der Waals surface area contributed by atoms with E-state index in [1.54, 1.807) is 4.57 Å². The maximum atomic E-state index is 14.5. The third-order valence-corrected chi connectivity index (χ3v) is 7.59. The first-order valence-corrected chi connectivity index (χ1v) is 13.8. The van der Waals surface area contributed by atoms with Crippen molar-refractivity contribution in [3.63, 3.8) is 0 Å². The van der Waals surface area contributed by atoms with E-state index >= 15 is 0 Å². The van der Waals surface area contributed by atoms with E-state index in [1.807, 2.05) is 138 Å². The molecule has 8 rings (SSSR count). The summed E-state index contributed by atoms with van der Waals surface area (Å²) in [6.07, 6.45) is 0. The van der Waals surface area contributed by atoms with Gasteiger partial charge < -0.3 is 0 Å². The molecule has 0 atom stereocenters. The first-order valence-electron chi connectivity index (χ1n) is 13.8. The average molecular weight is 542 g/mol. The molecule has 3 aromatic heterocycles. The number of benzene rings is 5. The Morgan fingerprint density at radius 1 is 0.452 bits per heavy atom. The zero-order valence-electron chi connectivity index (χ0n) is 22.4. The Morgan fingerprint density at radius 3 is 1.52 bits per heavy atom. The van der Waals surface area contributed by atoms with Crippen LogP contribution in [0.4, 0.5) is 0 Å². The van der Waals surface area contributed by atoms with E-state index in [9.17, 15) is 4.79 Å². The van der Waals surface area contributed by atoms with Gasteiger partial charge in [0.15, 0.2) is 11.6 Å². The van der Waals surface area contributed by atoms with Gasteiger partial charge in [0.05, 0.1) is 21.9 Å². The molecule has 0 fully saturated rings. The van der Waals surface area contributed by atoms with Crippen molar-refractivity contribution in [1.82, 2.24) is 24.1 Å². The molecule has 42 heavy (non-hydrogen) atoms. The van der Waals surface area contributed by atoms with Gasteiger partial charge in [-0.3, -0.25) is 13.9 Å². The standard InChI is InChI=1S/C36H23N5O/c42-35-31-27-20-10-12-22-29(27)41(32(31)28-21-11-13-23-30(28)40(35)26-18-8-3-9-19-26)36-38-33(24-14-4-1-5-15-24)37-34(39-36)25-16-6-2-7-17-25/h1-23H. The maximum absolute atomic E-state index is 14.5. The van der Waals surface area contributed by atoms with Crippen LogP contribution in [0, 0.1) is 0 Å². The molecule has 0 aliphatic carbocycles. The molecule has 8 aromatic rings. The molecule has 0 bridgehead atoms. The largest absolute Gasteiger partial charge is 0.277 e. The van der Waals surface area contributed by atoms with Crippen LogP contribution >= 0.6 is 0 Å². The summed E-state index contributed by atoms with van der Waals surface area (Å²) in [6, 6.07) is 45.6. The number of nitrogens with zero attached hydrogens (tertiary/aromatic N) is 5. The zero-order chi connectivity index (χ0) is 28.0. The molecule has 198 valence electrons. The van der Waals surface area contributed by atoms with E-state index in [0.717, 1.165) is 44.1 Å². The highest BCUT2D eigenvalue weighted by atomic mass is 16.1. The van der Waals surface area contributed by atoms with Gasteiger partial charge in [0.1, 0.15) is 0 Å². The van der Waals surface area contributed by atoms with E-state index in [1.165, 1.54) is 0 Å². The fourth-order valence-corrected chi connectivity index (χ4v) is 5.74. The van der Waals surface area contributed by atoms with Gasteiger partial charge in [-0.1, -0.05) is 115 Å². The van der Waals surface area contributed by atoms with Crippen LogP contribution in [0.1, 0.15) is 0 Å². The molecule has 0 radical (unpaired) electrons. The predicted octanol–water partition coefficient (Wildman–Crippen LogP) is 7.61. The van der Waals surface area contributed by atoms with E-state index in [0.29, 0.717) is 23.0 Å². The van der Waals surface area contributed by atoms with E-state index in [-0.39, 0.29) is 5.56 Å². The van der Waals surface area contributed by atoms with Crippen molar-refractivity contribution < 1.29 is 0 Å². The average Bonchev–Trinajstić information content (AvgIpc) is 3.42. The SMILES string of the molecule is O=c1c2c3ccccc3n(-c3nc(-c4ccccc4)nc(-c4ccccc4)n3)c2c2ccccc2n1-c1ccccc1. The lowest BCUT2D eigenvalue weighted by Crippen LogP contribution is -2.19. The second-order valence-corrected chi connectivity index (χ2v) is 10.1. The van der Waals surface area contributed by atoms with Crippen molar-refractivity contribution >= 4 is 32.7 Å². The topological polar surface area (TPSA) is 65.6 Å². The van der Waals surface area contributed by atoms with Gasteiger partial charge in [-0.2, -0.15) is 9.97 Å². The number of hydrogen-bond acceptors (Lipinski definition) is 4. The first kappa shape index (κ1) is 24.0. The van der Waals surface area contributed by atoms with Gasteiger partial charge in [-0.15, -0.1) is 0 Å². The molecule has 5 aromatic carbocycles. The second kappa shape index (κ2) is 9.64. The van der Waals surface area contributed by atoms with E-state index in [4.69, 9.17) is 15.0 Å². The summed E-state index contributed by atoms with van der Waals surface area (Å²) >= 11 is 0. The van der Waals surface area contributed by atoms with Gasteiger partial charge in [-0.05, 0) is 24.3 Å². The summed E-state index contributed by atoms with van der Waals surface area (Å²) in [5, 5.41) is 2.39. The number of fused-ring (bicyclic) bond motifs is 5. The highest BCUT2D eigenvalue weighted by molar-refractivity contribution is 6.17. The molecule has 0 amide bonds. The Hall–Kier alpha value is -5.88. The quantitative estimate of drug-likeness (QED) is 0.230. The van der Waals surface area contributed by atoms with Crippen LogP contribution in [-0.2, 0) is 0 Å². The summed E-state index contributed by atoms with van der Waals surface area (Å²) < 4.78 is 3.82. The minimum absolute atomic E-state index is 0.0922. The van der Waals surface area contributed by atoms with E-state index < -0.39 is 0 Å². The summed E-state index contributed by atoms with van der Waals surface area (Å²) in [5.41, 5.74) is 4.93. The van der Waals surface area contributed by atoms with Crippen LogP contribution in [0.25, 0.3) is 67.1 Å². The molecular formula is C36H23N5O. The molecule has 0 saturated carbocycles. The van der Waals surface area contributed by atoms with Crippen molar-refractivity contribution in [1.29, 1.82) is 0 Å². The van der Waals surface area contributed by atoms with Gasteiger partial charge in [0.2, 0.25) is 5.95 Å². The molecule has 0 aliphatic heterocycles. The third-order valence-electron chi connectivity index (χ3n) is 7.59. The Balaban J connectivity index is 1.54. The van der Waals surface area contributed by atoms with E-state index in [2.05, 4.69) is 6.07 Å². The van der Waals surface area contributed by atoms with Crippen LogP contribution in [0.5, 0.6) is 0 Å². The lowest BCUT2D eigenvalue weighted by molar-refractivity contribution is 0.953. The molecule has 0 aliphatic rings. The van der Waals surface area contributed by atoms with Crippen LogP contribution in [0.15, 0.2) is 144 Å². The molecule has 0 spiro atoms. The highest BCUT2D eigenvalue weighted by Gasteiger charge is 2.23. The van der Waals surface area contributed by atoms with Crippen molar-refractivity contribution in [2.75, 3.05) is 0 Å². The Morgan fingerprint density at radius 2 is 0.929 bits per heavy atom. The summed E-state index contributed by atoms with van der Waals surface area (Å²) in [4.78, 5) is 29.4. The van der Waals surface area contributed by atoms with Crippen molar-refractivity contribution in [3.05, 3.63) is 150 Å². The van der Waals surface area contributed by atoms with Gasteiger partial charge >= 0.3 is 0 Å². The number of rotatable bonds is 4. The second-order valence-electron chi connectivity index (χ2n) is 10.1. The van der Waals surface area contributed by atoms with Crippen molar-refractivity contribution in [2.45, 2.75) is 0 Å². The fourth-order valence-electron chi connectivity index (χ4n) is 5.74. The zero-order valence-corrected chi connectivity index (χ0v) is 22.4. The minimum atomic E-state index is -0.0922.